The van der Waals surface area contributed by atoms with Crippen LogP contribution >= 0.6 is 0 Å². The first-order valence-electron chi connectivity index (χ1n) is 9.78. The maximum atomic E-state index is 13.1. The molecule has 0 bridgehead atoms. The number of ether oxygens (including phenoxy) is 2. The van der Waals surface area contributed by atoms with Gasteiger partial charge in [-0.3, -0.25) is 4.79 Å². The van der Waals surface area contributed by atoms with E-state index >= 15 is 0 Å². The highest BCUT2D eigenvalue weighted by Gasteiger charge is 2.22. The molecule has 3 rings (SSSR count). The maximum Gasteiger partial charge on any atom is 0.254 e. The monoisotopic (exact) mass is 378 g/mol. The van der Waals surface area contributed by atoms with Gasteiger partial charge in [-0.25, -0.2) is 0 Å². The summed E-state index contributed by atoms with van der Waals surface area (Å²) < 4.78 is 11.4. The maximum absolute atomic E-state index is 13.1. The number of hydrogen-bond acceptors (Lipinski definition) is 4. The van der Waals surface area contributed by atoms with Crippen LogP contribution in [0.25, 0.3) is 0 Å². The molecule has 5 nitrogen and oxygen atoms in total. The van der Waals surface area contributed by atoms with Gasteiger partial charge in [0.15, 0.2) is 0 Å². The second-order valence-corrected chi connectivity index (χ2v) is 6.97. The van der Waals surface area contributed by atoms with Crippen LogP contribution < -0.4 is 4.74 Å². The third-order valence-electron chi connectivity index (χ3n) is 5.13. The molecule has 1 heterocycles. The summed E-state index contributed by atoms with van der Waals surface area (Å²) in [4.78, 5) is 14.9. The molecule has 0 spiro atoms. The quantitative estimate of drug-likeness (QED) is 0.719. The molecule has 2 aromatic rings. The Morgan fingerprint density at radius 3 is 2.75 bits per heavy atom. The molecule has 0 aromatic heterocycles. The van der Waals surface area contributed by atoms with E-state index in [-0.39, 0.29) is 18.1 Å². The minimum Gasteiger partial charge on any atom is -0.491 e. The number of rotatable bonds is 7. The Balaban J connectivity index is 1.70. The van der Waals surface area contributed by atoms with Crippen molar-refractivity contribution in [3.05, 3.63) is 65.2 Å². The molecule has 0 radical (unpaired) electrons. The predicted molar refractivity (Wildman–Crippen MR) is 107 cm³/mol. The van der Waals surface area contributed by atoms with E-state index < -0.39 is 0 Å². The van der Waals surface area contributed by atoms with E-state index in [2.05, 4.69) is 6.07 Å². The van der Waals surface area contributed by atoms with Crippen LogP contribution in [0.5, 0.6) is 5.75 Å². The lowest BCUT2D eigenvalue weighted by atomic mass is 10.0. The van der Waals surface area contributed by atoms with Gasteiger partial charge in [-0.15, -0.1) is 0 Å². The Morgan fingerprint density at radius 2 is 2.11 bits per heavy atom. The first kappa shape index (κ1) is 19.9. The third-order valence-corrected chi connectivity index (χ3v) is 5.13. The van der Waals surface area contributed by atoms with E-state index in [9.17, 15) is 4.79 Å². The van der Waals surface area contributed by atoms with E-state index in [1.165, 1.54) is 0 Å². The molecule has 0 N–H and O–H groups in total. The molecular weight excluding hydrogens is 352 g/mol. The SMILES string of the molecule is CCN(C(=O)c1cccc(OCC2CCCO2)c1)C(C)c1ccc(C#N)cc1. The van der Waals surface area contributed by atoms with Gasteiger partial charge in [-0.2, -0.15) is 5.26 Å². The predicted octanol–water partition coefficient (Wildman–Crippen LogP) is 4.34. The number of benzene rings is 2. The Bertz CT molecular complexity index is 836. The molecule has 28 heavy (non-hydrogen) atoms. The molecule has 1 aliphatic rings. The second-order valence-electron chi connectivity index (χ2n) is 6.97. The number of nitrogens with zero attached hydrogens (tertiary/aromatic N) is 2. The highest BCUT2D eigenvalue weighted by Crippen LogP contribution is 2.24. The van der Waals surface area contributed by atoms with E-state index in [1.807, 2.05) is 49.1 Å². The smallest absolute Gasteiger partial charge is 0.254 e. The van der Waals surface area contributed by atoms with Gasteiger partial charge in [0.1, 0.15) is 12.4 Å². The zero-order chi connectivity index (χ0) is 19.9. The van der Waals surface area contributed by atoms with Gasteiger partial charge in [0.05, 0.1) is 23.8 Å². The topological polar surface area (TPSA) is 62.6 Å². The van der Waals surface area contributed by atoms with Crippen molar-refractivity contribution in [3.8, 4) is 11.8 Å². The van der Waals surface area contributed by atoms with Gasteiger partial charge in [0.2, 0.25) is 0 Å². The summed E-state index contributed by atoms with van der Waals surface area (Å²) in [5.74, 6) is 0.644. The fourth-order valence-electron chi connectivity index (χ4n) is 3.46. The Kier molecular flexibility index (Phi) is 6.67. The van der Waals surface area contributed by atoms with Crippen molar-refractivity contribution in [2.45, 2.75) is 38.8 Å². The van der Waals surface area contributed by atoms with Gasteiger partial charge >= 0.3 is 0 Å². The van der Waals surface area contributed by atoms with Gasteiger partial charge in [0.25, 0.3) is 5.91 Å². The number of nitriles is 1. The zero-order valence-electron chi connectivity index (χ0n) is 16.4. The molecular formula is C23H26N2O3. The van der Waals surface area contributed by atoms with E-state index in [1.54, 1.807) is 18.2 Å². The van der Waals surface area contributed by atoms with Gasteiger partial charge < -0.3 is 14.4 Å². The average Bonchev–Trinajstić information content (AvgIpc) is 3.26. The molecule has 0 aliphatic carbocycles. The molecule has 1 aliphatic heterocycles. The number of carbonyl (C=O) groups excluding carboxylic acids is 1. The van der Waals surface area contributed by atoms with Crippen LogP contribution in [0.4, 0.5) is 0 Å². The van der Waals surface area contributed by atoms with Crippen LogP contribution in [-0.2, 0) is 4.74 Å². The number of hydrogen-bond donors (Lipinski definition) is 0. The lowest BCUT2D eigenvalue weighted by Crippen LogP contribution is -2.33. The normalized spacial score (nSPS) is 17.0. The van der Waals surface area contributed by atoms with Crippen molar-refractivity contribution in [2.24, 2.45) is 0 Å². The summed E-state index contributed by atoms with van der Waals surface area (Å²) in [6, 6.07) is 16.7. The fraction of sp³-hybridized carbons (Fsp3) is 0.391. The molecule has 2 unspecified atom stereocenters. The summed E-state index contributed by atoms with van der Waals surface area (Å²) in [6.07, 6.45) is 2.23. The summed E-state index contributed by atoms with van der Waals surface area (Å²) in [6.45, 7) is 5.86. The van der Waals surface area contributed by atoms with Gasteiger partial charge in [0, 0.05) is 18.7 Å². The van der Waals surface area contributed by atoms with Crippen LogP contribution in [0.15, 0.2) is 48.5 Å². The van der Waals surface area contributed by atoms with Crippen LogP contribution in [0, 0.1) is 11.3 Å². The van der Waals surface area contributed by atoms with Crippen molar-refractivity contribution in [1.82, 2.24) is 4.90 Å². The van der Waals surface area contributed by atoms with Gasteiger partial charge in [-0.1, -0.05) is 18.2 Å². The number of amides is 1. The molecule has 2 aromatic carbocycles. The Morgan fingerprint density at radius 1 is 1.32 bits per heavy atom. The van der Waals surface area contributed by atoms with Crippen LogP contribution in [-0.4, -0.2) is 36.7 Å². The zero-order valence-corrected chi connectivity index (χ0v) is 16.4. The third kappa shape index (κ3) is 4.71. The van der Waals surface area contributed by atoms with Crippen LogP contribution in [0.3, 0.4) is 0 Å². The van der Waals surface area contributed by atoms with E-state index in [0.717, 1.165) is 25.0 Å². The molecule has 2 atom stereocenters. The highest BCUT2D eigenvalue weighted by atomic mass is 16.5. The van der Waals surface area contributed by atoms with E-state index in [4.69, 9.17) is 14.7 Å². The standard InChI is InChI=1S/C23H26N2O3/c1-3-25(17(2)19-11-9-18(15-24)10-12-19)23(26)20-6-4-7-21(14-20)28-16-22-8-5-13-27-22/h4,6-7,9-12,14,17,22H,3,5,8,13,16H2,1-2H3. The highest BCUT2D eigenvalue weighted by molar-refractivity contribution is 5.94. The minimum absolute atomic E-state index is 0.0399. The molecule has 1 saturated heterocycles. The molecule has 0 saturated carbocycles. The summed E-state index contributed by atoms with van der Waals surface area (Å²) >= 11 is 0. The largest absolute Gasteiger partial charge is 0.491 e. The average molecular weight is 378 g/mol. The Labute approximate surface area is 166 Å². The van der Waals surface area contributed by atoms with Crippen molar-refractivity contribution < 1.29 is 14.3 Å². The van der Waals surface area contributed by atoms with Crippen LogP contribution in [0.2, 0.25) is 0 Å². The fourth-order valence-corrected chi connectivity index (χ4v) is 3.46. The lowest BCUT2D eigenvalue weighted by Gasteiger charge is -2.28. The van der Waals surface area contributed by atoms with E-state index in [0.29, 0.717) is 30.0 Å². The van der Waals surface area contributed by atoms with Crippen molar-refractivity contribution in [1.29, 1.82) is 5.26 Å². The summed E-state index contributed by atoms with van der Waals surface area (Å²) in [5, 5.41) is 8.96. The molecule has 146 valence electrons. The molecule has 1 amide bonds. The molecule has 1 fully saturated rings. The van der Waals surface area contributed by atoms with Crippen molar-refractivity contribution >= 4 is 5.91 Å². The first-order valence-corrected chi connectivity index (χ1v) is 9.78. The van der Waals surface area contributed by atoms with Crippen molar-refractivity contribution in [3.63, 3.8) is 0 Å². The molecule has 5 heteroatoms. The minimum atomic E-state index is -0.0956. The lowest BCUT2D eigenvalue weighted by molar-refractivity contribution is 0.0673. The van der Waals surface area contributed by atoms with Crippen LogP contribution in [0.1, 0.15) is 54.2 Å². The number of carbonyl (C=O) groups is 1. The van der Waals surface area contributed by atoms with Gasteiger partial charge in [-0.05, 0) is 62.6 Å². The van der Waals surface area contributed by atoms with Crippen molar-refractivity contribution in [2.75, 3.05) is 19.8 Å². The first-order chi connectivity index (χ1) is 13.6. The second kappa shape index (κ2) is 9.38. The Hall–Kier alpha value is -2.84. The summed E-state index contributed by atoms with van der Waals surface area (Å²) in [7, 11) is 0. The summed E-state index contributed by atoms with van der Waals surface area (Å²) in [5.41, 5.74) is 2.22.